The van der Waals surface area contributed by atoms with Crippen molar-refractivity contribution in [3.05, 3.63) is 35.4 Å². The van der Waals surface area contributed by atoms with Crippen molar-refractivity contribution in [3.63, 3.8) is 0 Å². The molecule has 0 bridgehead atoms. The van der Waals surface area contributed by atoms with Crippen molar-refractivity contribution in [1.29, 1.82) is 0 Å². The molecule has 0 aromatic heterocycles. The molecule has 4 rings (SSSR count). The predicted octanol–water partition coefficient (Wildman–Crippen LogP) is 2.49. The Morgan fingerprint density at radius 2 is 1.70 bits per heavy atom. The van der Waals surface area contributed by atoms with E-state index in [1.807, 2.05) is 7.05 Å². The molecule has 3 fully saturated rings. The van der Waals surface area contributed by atoms with Gasteiger partial charge in [-0.25, -0.2) is 0 Å². The van der Waals surface area contributed by atoms with Crippen LogP contribution in [0.15, 0.2) is 24.3 Å². The van der Waals surface area contributed by atoms with Gasteiger partial charge in [-0.2, -0.15) is 0 Å². The van der Waals surface area contributed by atoms with Crippen LogP contribution < -0.4 is 21.3 Å². The summed E-state index contributed by atoms with van der Waals surface area (Å²) >= 11 is 0. The van der Waals surface area contributed by atoms with Gasteiger partial charge < -0.3 is 36.2 Å². The molecule has 0 aliphatic carbocycles. The van der Waals surface area contributed by atoms with Crippen molar-refractivity contribution in [1.82, 2.24) is 36.0 Å². The van der Waals surface area contributed by atoms with Crippen LogP contribution in [-0.4, -0.2) is 128 Å². The molecule has 2 amide bonds. The summed E-state index contributed by atoms with van der Waals surface area (Å²) in [4.78, 5) is 33.3. The van der Waals surface area contributed by atoms with E-state index in [0.29, 0.717) is 19.5 Å². The molecule has 0 saturated carbocycles. The third-order valence-corrected chi connectivity index (χ3v) is 10.7. The van der Waals surface area contributed by atoms with E-state index >= 15 is 0 Å². The molecule has 266 valence electrons. The molecule has 6 atom stereocenters. The van der Waals surface area contributed by atoms with E-state index < -0.39 is 6.23 Å². The van der Waals surface area contributed by atoms with E-state index in [2.05, 4.69) is 81.1 Å². The molecule has 3 aliphatic heterocycles. The van der Waals surface area contributed by atoms with E-state index in [4.69, 9.17) is 0 Å². The second kappa shape index (κ2) is 19.8. The largest absolute Gasteiger partial charge is 0.378 e. The fourth-order valence-corrected chi connectivity index (χ4v) is 7.70. The SMILES string of the molecule is CNCCCCNC(=O)C1CCC2CCCCC(CNC(C)CC(Cc3ccc(C)cc3)NC(=O)CCN3CCN(C)CC3)C(O)N21. The number of benzene rings is 1. The first kappa shape index (κ1) is 37.7. The maximum atomic E-state index is 13.2. The zero-order chi connectivity index (χ0) is 33.6. The summed E-state index contributed by atoms with van der Waals surface area (Å²) in [6, 6.07) is 8.82. The van der Waals surface area contributed by atoms with Crippen molar-refractivity contribution in [2.75, 3.05) is 66.5 Å². The summed E-state index contributed by atoms with van der Waals surface area (Å²) in [6.45, 7) is 11.6. The van der Waals surface area contributed by atoms with Crippen molar-refractivity contribution < 1.29 is 14.7 Å². The molecule has 10 nitrogen and oxygen atoms in total. The number of unbranched alkanes of at least 4 members (excludes halogenated alkanes) is 1. The Kier molecular flexibility index (Phi) is 15.9. The number of rotatable bonds is 17. The van der Waals surface area contributed by atoms with Gasteiger partial charge in [0.2, 0.25) is 11.8 Å². The second-order valence-electron chi connectivity index (χ2n) is 14.6. The Morgan fingerprint density at radius 3 is 2.45 bits per heavy atom. The fraction of sp³-hybridized carbons (Fsp3) is 0.784. The van der Waals surface area contributed by atoms with Crippen molar-refractivity contribution >= 4 is 11.8 Å². The van der Waals surface area contributed by atoms with Crippen LogP contribution in [-0.2, 0) is 16.0 Å². The number of likely N-dealkylation sites (N-methyl/N-ethyl adjacent to an activating group) is 1. The summed E-state index contributed by atoms with van der Waals surface area (Å²) < 4.78 is 0. The Labute approximate surface area is 284 Å². The van der Waals surface area contributed by atoms with E-state index in [-0.39, 0.29) is 41.9 Å². The molecular weight excluding hydrogens is 590 g/mol. The monoisotopic (exact) mass is 656 g/mol. The Morgan fingerprint density at radius 1 is 0.979 bits per heavy atom. The van der Waals surface area contributed by atoms with Crippen LogP contribution in [0.5, 0.6) is 0 Å². The topological polar surface area (TPSA) is 112 Å². The summed E-state index contributed by atoms with van der Waals surface area (Å²) in [5.41, 5.74) is 2.47. The lowest BCUT2D eigenvalue weighted by atomic mass is 9.92. The van der Waals surface area contributed by atoms with E-state index in [9.17, 15) is 14.7 Å². The van der Waals surface area contributed by atoms with Gasteiger partial charge in [0.1, 0.15) is 6.23 Å². The van der Waals surface area contributed by atoms with Crippen LogP contribution in [0.4, 0.5) is 0 Å². The first-order valence-electron chi connectivity index (χ1n) is 18.6. The summed E-state index contributed by atoms with van der Waals surface area (Å²) in [7, 11) is 4.10. The number of amides is 2. The Bertz CT molecular complexity index is 1060. The highest BCUT2D eigenvalue weighted by molar-refractivity contribution is 5.82. The Balaban J connectivity index is 1.31. The Hall–Kier alpha value is -2.08. The maximum Gasteiger partial charge on any atom is 0.237 e. The number of hydrogen-bond donors (Lipinski definition) is 5. The van der Waals surface area contributed by atoms with E-state index in [1.54, 1.807) is 0 Å². The lowest BCUT2D eigenvalue weighted by molar-refractivity contribution is -0.135. The zero-order valence-corrected chi connectivity index (χ0v) is 29.8. The lowest BCUT2D eigenvalue weighted by Crippen LogP contribution is -2.55. The normalized spacial score (nSPS) is 25.8. The molecule has 5 N–H and O–H groups in total. The molecule has 6 unspecified atom stereocenters. The van der Waals surface area contributed by atoms with Gasteiger partial charge >= 0.3 is 0 Å². The minimum Gasteiger partial charge on any atom is -0.378 e. The number of piperazine rings is 1. The second-order valence-corrected chi connectivity index (χ2v) is 14.6. The number of aliphatic hydroxyl groups excluding tert-OH is 1. The smallest absolute Gasteiger partial charge is 0.237 e. The highest BCUT2D eigenvalue weighted by Gasteiger charge is 2.44. The van der Waals surface area contributed by atoms with Gasteiger partial charge in [-0.1, -0.05) is 42.7 Å². The highest BCUT2D eigenvalue weighted by atomic mass is 16.3. The van der Waals surface area contributed by atoms with Crippen molar-refractivity contribution in [3.8, 4) is 0 Å². The minimum atomic E-state index is -0.639. The number of nitrogens with zero attached hydrogens (tertiary/aromatic N) is 3. The molecule has 3 heterocycles. The average molecular weight is 656 g/mol. The van der Waals surface area contributed by atoms with Gasteiger partial charge in [0.05, 0.1) is 6.04 Å². The van der Waals surface area contributed by atoms with Crippen LogP contribution in [0.3, 0.4) is 0 Å². The standard InChI is InChI=1S/C37H65N7O3/c1-28-11-13-30(14-12-28)26-32(41-35(45)17-20-43-23-21-42(4)22-24-43)25-29(2)40-27-31-9-5-6-10-33-15-16-34(44(33)37(31)47)36(46)39-19-8-7-18-38-3/h11-14,29,31-34,37-38,40,47H,5-10,15-27H2,1-4H3,(H,39,46)(H,41,45). The molecule has 47 heavy (non-hydrogen) atoms. The average Bonchev–Trinajstić information content (AvgIpc) is 3.47. The summed E-state index contributed by atoms with van der Waals surface area (Å²) in [6.07, 6.45) is 9.49. The molecule has 0 radical (unpaired) electrons. The molecule has 3 aliphatic rings. The molecule has 0 spiro atoms. The van der Waals surface area contributed by atoms with Gasteiger partial charge in [-0.05, 0) is 91.4 Å². The highest BCUT2D eigenvalue weighted by Crippen LogP contribution is 2.35. The molecule has 10 heteroatoms. The number of carbonyl (C=O) groups is 2. The van der Waals surface area contributed by atoms with Gasteiger partial charge in [0, 0.05) is 76.3 Å². The van der Waals surface area contributed by atoms with Crippen LogP contribution in [0.2, 0.25) is 0 Å². The summed E-state index contributed by atoms with van der Waals surface area (Å²) in [5, 5.41) is 25.2. The molecule has 1 aromatic carbocycles. The van der Waals surface area contributed by atoms with Gasteiger partial charge in [0.25, 0.3) is 0 Å². The molecular formula is C37H65N7O3. The zero-order valence-electron chi connectivity index (χ0n) is 29.8. The number of aliphatic hydroxyl groups is 1. The minimum absolute atomic E-state index is 0.0200. The fourth-order valence-electron chi connectivity index (χ4n) is 7.70. The van der Waals surface area contributed by atoms with Crippen LogP contribution in [0, 0.1) is 12.8 Å². The van der Waals surface area contributed by atoms with Crippen molar-refractivity contribution in [2.24, 2.45) is 5.92 Å². The van der Waals surface area contributed by atoms with Crippen LogP contribution in [0.1, 0.15) is 82.3 Å². The number of aryl methyl sites for hydroxylation is 1. The van der Waals surface area contributed by atoms with Crippen LogP contribution in [0.25, 0.3) is 0 Å². The van der Waals surface area contributed by atoms with Gasteiger partial charge in [0.15, 0.2) is 0 Å². The molecule has 1 aromatic rings. The summed E-state index contributed by atoms with van der Waals surface area (Å²) in [5.74, 6) is 0.243. The number of carbonyl (C=O) groups excluding carboxylic acids is 2. The number of fused-ring (bicyclic) bond motifs is 1. The van der Waals surface area contributed by atoms with Crippen molar-refractivity contribution in [2.45, 2.75) is 115 Å². The quantitative estimate of drug-likeness (QED) is 0.163. The van der Waals surface area contributed by atoms with E-state index in [0.717, 1.165) is 103 Å². The third kappa shape index (κ3) is 12.4. The third-order valence-electron chi connectivity index (χ3n) is 10.7. The molecule has 3 saturated heterocycles. The van der Waals surface area contributed by atoms with Gasteiger partial charge in [-0.15, -0.1) is 0 Å². The predicted molar refractivity (Wildman–Crippen MR) is 190 cm³/mol. The first-order valence-corrected chi connectivity index (χ1v) is 18.6. The number of nitrogens with one attached hydrogen (secondary N) is 4. The van der Waals surface area contributed by atoms with E-state index in [1.165, 1.54) is 11.1 Å². The number of hydrogen-bond acceptors (Lipinski definition) is 8. The first-order chi connectivity index (χ1) is 22.7. The lowest BCUT2D eigenvalue weighted by Gasteiger charge is -2.40. The van der Waals surface area contributed by atoms with Gasteiger partial charge in [-0.3, -0.25) is 14.5 Å². The maximum absolute atomic E-state index is 13.2. The van der Waals surface area contributed by atoms with Crippen LogP contribution >= 0.6 is 0 Å².